The van der Waals surface area contributed by atoms with Gasteiger partial charge in [0.2, 0.25) is 12.7 Å². The average molecular weight is 291 g/mol. The van der Waals surface area contributed by atoms with Gasteiger partial charge in [-0.3, -0.25) is 9.59 Å². The minimum Gasteiger partial charge on any atom is -0.469 e. The Labute approximate surface area is 122 Å². The molecule has 21 heavy (non-hydrogen) atoms. The van der Waals surface area contributed by atoms with E-state index < -0.39 is 0 Å². The molecule has 0 saturated heterocycles. The summed E-state index contributed by atoms with van der Waals surface area (Å²) in [6.07, 6.45) is 3.32. The van der Waals surface area contributed by atoms with Crippen LogP contribution in [-0.4, -0.2) is 44.3 Å². The van der Waals surface area contributed by atoms with Crippen molar-refractivity contribution in [3.8, 4) is 11.5 Å². The van der Waals surface area contributed by atoms with Crippen LogP contribution in [0.4, 0.5) is 0 Å². The number of carbonyl (C=O) groups excluding carboxylic acids is 2. The first kappa shape index (κ1) is 14.9. The van der Waals surface area contributed by atoms with Crippen LogP contribution < -0.4 is 9.47 Å². The predicted molar refractivity (Wildman–Crippen MR) is 75.9 cm³/mol. The second kappa shape index (κ2) is 6.78. The number of amides is 1. The topological polar surface area (TPSA) is 65.1 Å². The van der Waals surface area contributed by atoms with E-state index in [1.54, 1.807) is 25.3 Å². The van der Waals surface area contributed by atoms with E-state index in [2.05, 4.69) is 4.74 Å². The smallest absolute Gasteiger partial charge is 0.307 e. The number of nitrogens with zero attached hydrogens (tertiary/aromatic N) is 1. The molecule has 0 radical (unpaired) electrons. The van der Waals surface area contributed by atoms with Crippen LogP contribution in [0.3, 0.4) is 0 Å². The van der Waals surface area contributed by atoms with Crippen LogP contribution in [0.1, 0.15) is 12.0 Å². The molecule has 0 N–H and O–H groups in total. The number of fused-ring (bicyclic) bond motifs is 1. The number of likely N-dealkylation sites (N-methyl/N-ethyl adjacent to an activating group) is 1. The normalized spacial score (nSPS) is 12.5. The molecule has 1 aromatic carbocycles. The maximum atomic E-state index is 11.9. The number of carbonyl (C=O) groups is 2. The summed E-state index contributed by atoms with van der Waals surface area (Å²) in [6.45, 7) is 0.536. The molecular weight excluding hydrogens is 274 g/mol. The number of methoxy groups -OCH3 is 1. The fraction of sp³-hybridized carbons (Fsp3) is 0.333. The van der Waals surface area contributed by atoms with Crippen molar-refractivity contribution in [1.82, 2.24) is 4.90 Å². The fourth-order valence-corrected chi connectivity index (χ4v) is 1.78. The summed E-state index contributed by atoms with van der Waals surface area (Å²) in [5.41, 5.74) is 0.842. The summed E-state index contributed by atoms with van der Waals surface area (Å²) in [4.78, 5) is 24.4. The molecule has 0 atom stereocenters. The molecule has 0 aromatic heterocycles. The quantitative estimate of drug-likeness (QED) is 0.607. The molecular formula is C15H17NO5. The van der Waals surface area contributed by atoms with Crippen molar-refractivity contribution >= 4 is 18.0 Å². The number of ether oxygens (including phenoxy) is 3. The number of hydrogen-bond donors (Lipinski definition) is 0. The zero-order valence-corrected chi connectivity index (χ0v) is 12.0. The largest absolute Gasteiger partial charge is 0.469 e. The van der Waals surface area contributed by atoms with E-state index in [-0.39, 0.29) is 25.1 Å². The van der Waals surface area contributed by atoms with E-state index in [0.29, 0.717) is 18.0 Å². The molecule has 2 rings (SSSR count). The summed E-state index contributed by atoms with van der Waals surface area (Å²) in [7, 11) is 2.96. The third kappa shape index (κ3) is 3.98. The Hall–Kier alpha value is -2.50. The van der Waals surface area contributed by atoms with Crippen molar-refractivity contribution in [2.24, 2.45) is 0 Å². The average Bonchev–Trinajstić information content (AvgIpc) is 2.97. The first-order valence-corrected chi connectivity index (χ1v) is 6.50. The van der Waals surface area contributed by atoms with Crippen molar-refractivity contribution in [2.75, 3.05) is 27.5 Å². The first-order valence-electron chi connectivity index (χ1n) is 6.50. The third-order valence-electron chi connectivity index (χ3n) is 3.07. The van der Waals surface area contributed by atoms with Gasteiger partial charge in [-0.05, 0) is 23.8 Å². The fourth-order valence-electron chi connectivity index (χ4n) is 1.78. The van der Waals surface area contributed by atoms with E-state index in [0.717, 1.165) is 5.56 Å². The van der Waals surface area contributed by atoms with Crippen LogP contribution in [-0.2, 0) is 14.3 Å². The summed E-state index contributed by atoms with van der Waals surface area (Å²) in [5.74, 6) is 0.850. The molecule has 0 bridgehead atoms. The van der Waals surface area contributed by atoms with Gasteiger partial charge in [-0.1, -0.05) is 6.07 Å². The molecule has 6 heteroatoms. The zero-order chi connectivity index (χ0) is 15.2. The molecule has 0 unspecified atom stereocenters. The Morgan fingerprint density at radius 3 is 2.86 bits per heavy atom. The van der Waals surface area contributed by atoms with Gasteiger partial charge in [0.05, 0.1) is 13.5 Å². The van der Waals surface area contributed by atoms with E-state index in [1.165, 1.54) is 18.1 Å². The van der Waals surface area contributed by atoms with Gasteiger partial charge in [-0.2, -0.15) is 0 Å². The predicted octanol–water partition coefficient (Wildman–Crippen LogP) is 1.45. The van der Waals surface area contributed by atoms with Crippen molar-refractivity contribution in [1.29, 1.82) is 0 Å². The van der Waals surface area contributed by atoms with Crippen molar-refractivity contribution < 1.29 is 23.8 Å². The summed E-state index contributed by atoms with van der Waals surface area (Å²) in [6, 6.07) is 5.44. The van der Waals surface area contributed by atoms with E-state index in [4.69, 9.17) is 9.47 Å². The maximum Gasteiger partial charge on any atom is 0.307 e. The van der Waals surface area contributed by atoms with Crippen LogP contribution in [0.2, 0.25) is 0 Å². The van der Waals surface area contributed by atoms with Gasteiger partial charge >= 0.3 is 5.97 Å². The molecule has 1 aliphatic heterocycles. The first-order chi connectivity index (χ1) is 10.1. The molecule has 1 heterocycles. The van der Waals surface area contributed by atoms with Crippen LogP contribution in [0, 0.1) is 0 Å². The van der Waals surface area contributed by atoms with Crippen molar-refractivity contribution in [3.63, 3.8) is 0 Å². The van der Waals surface area contributed by atoms with E-state index in [1.807, 2.05) is 6.07 Å². The second-order valence-electron chi connectivity index (χ2n) is 4.53. The molecule has 0 aliphatic carbocycles. The van der Waals surface area contributed by atoms with Gasteiger partial charge in [0.25, 0.3) is 0 Å². The Balaban J connectivity index is 1.91. The minimum absolute atomic E-state index is 0.177. The van der Waals surface area contributed by atoms with E-state index >= 15 is 0 Å². The minimum atomic E-state index is -0.339. The maximum absolute atomic E-state index is 11.9. The highest BCUT2D eigenvalue weighted by Crippen LogP contribution is 2.32. The molecule has 0 fully saturated rings. The monoisotopic (exact) mass is 291 g/mol. The highest BCUT2D eigenvalue weighted by Gasteiger charge is 2.12. The van der Waals surface area contributed by atoms with Gasteiger partial charge in [0.1, 0.15) is 0 Å². The summed E-state index contributed by atoms with van der Waals surface area (Å²) in [5, 5.41) is 0. The standard InChI is InChI=1S/C15H17NO5/c1-16(8-7-15(18)19-2)14(17)6-4-11-3-5-12-13(9-11)21-10-20-12/h3-6,9H,7-8,10H2,1-2H3. The Bertz CT molecular complexity index is 567. The molecule has 0 spiro atoms. The molecule has 1 aliphatic rings. The number of benzene rings is 1. The lowest BCUT2D eigenvalue weighted by Crippen LogP contribution is -2.27. The lowest BCUT2D eigenvalue weighted by atomic mass is 10.2. The van der Waals surface area contributed by atoms with Gasteiger partial charge in [0, 0.05) is 19.7 Å². The van der Waals surface area contributed by atoms with Crippen LogP contribution in [0.15, 0.2) is 24.3 Å². The molecule has 1 amide bonds. The number of rotatable bonds is 5. The highest BCUT2D eigenvalue weighted by molar-refractivity contribution is 5.91. The second-order valence-corrected chi connectivity index (χ2v) is 4.53. The van der Waals surface area contributed by atoms with Gasteiger partial charge in [0.15, 0.2) is 11.5 Å². The number of hydrogen-bond acceptors (Lipinski definition) is 5. The highest BCUT2D eigenvalue weighted by atomic mass is 16.7. The van der Waals surface area contributed by atoms with Crippen molar-refractivity contribution in [2.45, 2.75) is 6.42 Å². The Kier molecular flexibility index (Phi) is 4.81. The Morgan fingerprint density at radius 2 is 2.10 bits per heavy atom. The lowest BCUT2D eigenvalue weighted by Gasteiger charge is -2.13. The Morgan fingerprint density at radius 1 is 1.33 bits per heavy atom. The third-order valence-corrected chi connectivity index (χ3v) is 3.07. The molecule has 1 aromatic rings. The zero-order valence-electron chi connectivity index (χ0n) is 12.0. The summed E-state index contributed by atoms with van der Waals surface area (Å²) >= 11 is 0. The van der Waals surface area contributed by atoms with Crippen LogP contribution >= 0.6 is 0 Å². The SMILES string of the molecule is COC(=O)CCN(C)C(=O)C=Cc1ccc2c(c1)OCO2. The molecule has 0 saturated carbocycles. The van der Waals surface area contributed by atoms with Gasteiger partial charge in [-0.25, -0.2) is 0 Å². The molecule has 6 nitrogen and oxygen atoms in total. The van der Waals surface area contributed by atoms with Crippen LogP contribution in [0.5, 0.6) is 11.5 Å². The van der Waals surface area contributed by atoms with Gasteiger partial charge < -0.3 is 19.1 Å². The van der Waals surface area contributed by atoms with Crippen molar-refractivity contribution in [3.05, 3.63) is 29.8 Å². The van der Waals surface area contributed by atoms with Gasteiger partial charge in [-0.15, -0.1) is 0 Å². The molecule has 112 valence electrons. The number of esters is 1. The van der Waals surface area contributed by atoms with E-state index in [9.17, 15) is 9.59 Å². The summed E-state index contributed by atoms with van der Waals surface area (Å²) < 4.78 is 15.0. The lowest BCUT2D eigenvalue weighted by molar-refractivity contribution is -0.141. The van der Waals surface area contributed by atoms with Crippen LogP contribution in [0.25, 0.3) is 6.08 Å².